The van der Waals surface area contributed by atoms with Gasteiger partial charge in [-0.2, -0.15) is 5.26 Å². The van der Waals surface area contributed by atoms with Crippen molar-refractivity contribution in [2.75, 3.05) is 19.6 Å². The highest BCUT2D eigenvalue weighted by molar-refractivity contribution is 5.77. The highest BCUT2D eigenvalue weighted by Crippen LogP contribution is 1.85. The maximum absolute atomic E-state index is 11.0. The number of hydrogen-bond donors (Lipinski definition) is 2. The van der Waals surface area contributed by atoms with Gasteiger partial charge in [-0.3, -0.25) is 4.79 Å². The molecule has 0 radical (unpaired) electrons. The van der Waals surface area contributed by atoms with Crippen LogP contribution in [0.4, 0.5) is 0 Å². The molecule has 13 heavy (non-hydrogen) atoms. The van der Waals surface area contributed by atoms with Crippen molar-refractivity contribution in [3.8, 4) is 6.07 Å². The number of carbonyl (C=O) groups is 1. The Balaban J connectivity index is 3.26. The molecule has 4 heteroatoms. The van der Waals surface area contributed by atoms with Crippen molar-refractivity contribution >= 4 is 5.91 Å². The molecule has 0 fully saturated rings. The van der Waals surface area contributed by atoms with Crippen molar-refractivity contribution in [3.63, 3.8) is 0 Å². The lowest BCUT2D eigenvalue weighted by Crippen LogP contribution is -2.35. The van der Waals surface area contributed by atoms with Crippen LogP contribution in [0.15, 0.2) is 0 Å². The first-order valence-corrected chi connectivity index (χ1v) is 4.51. The van der Waals surface area contributed by atoms with E-state index in [0.29, 0.717) is 25.4 Å². The molecule has 74 valence electrons. The number of nitrogens with zero attached hydrogens (tertiary/aromatic N) is 1. The van der Waals surface area contributed by atoms with E-state index in [0.717, 1.165) is 6.54 Å². The van der Waals surface area contributed by atoms with E-state index in [4.69, 9.17) is 5.26 Å². The van der Waals surface area contributed by atoms with Crippen LogP contribution in [0.1, 0.15) is 20.3 Å². The second-order valence-corrected chi connectivity index (χ2v) is 3.28. The van der Waals surface area contributed by atoms with E-state index in [1.54, 1.807) is 0 Å². The predicted molar refractivity (Wildman–Crippen MR) is 50.9 cm³/mol. The van der Waals surface area contributed by atoms with Gasteiger partial charge >= 0.3 is 0 Å². The van der Waals surface area contributed by atoms with Gasteiger partial charge in [0.15, 0.2) is 0 Å². The van der Waals surface area contributed by atoms with Gasteiger partial charge in [-0.25, -0.2) is 0 Å². The van der Waals surface area contributed by atoms with Gasteiger partial charge in [-0.1, -0.05) is 13.8 Å². The lowest BCUT2D eigenvalue weighted by molar-refractivity contribution is -0.120. The van der Waals surface area contributed by atoms with Crippen molar-refractivity contribution in [2.24, 2.45) is 5.92 Å². The minimum absolute atomic E-state index is 0.0455. The second kappa shape index (κ2) is 7.56. The Kier molecular flexibility index (Phi) is 6.93. The van der Waals surface area contributed by atoms with Gasteiger partial charge in [-0.05, 0) is 12.5 Å². The Morgan fingerprint density at radius 2 is 2.23 bits per heavy atom. The van der Waals surface area contributed by atoms with Crippen LogP contribution in [0.2, 0.25) is 0 Å². The van der Waals surface area contributed by atoms with Crippen molar-refractivity contribution in [1.29, 1.82) is 5.26 Å². The van der Waals surface area contributed by atoms with E-state index in [2.05, 4.69) is 24.5 Å². The highest BCUT2D eigenvalue weighted by atomic mass is 16.1. The predicted octanol–water partition coefficient (Wildman–Crippen LogP) is 0.262. The minimum Gasteiger partial charge on any atom is -0.354 e. The number of carbonyl (C=O) groups excluding carboxylic acids is 1. The van der Waals surface area contributed by atoms with Crippen LogP contribution in [0.25, 0.3) is 0 Å². The number of hydrogen-bond acceptors (Lipinski definition) is 3. The van der Waals surface area contributed by atoms with Gasteiger partial charge in [0.25, 0.3) is 0 Å². The molecule has 0 atom stereocenters. The monoisotopic (exact) mass is 183 g/mol. The molecule has 0 saturated carbocycles. The van der Waals surface area contributed by atoms with Gasteiger partial charge in [0.2, 0.25) is 5.91 Å². The summed E-state index contributed by atoms with van der Waals surface area (Å²) in [4.78, 5) is 11.0. The summed E-state index contributed by atoms with van der Waals surface area (Å²) in [6, 6.07) is 1.96. The molecule has 1 amide bonds. The maximum atomic E-state index is 11.0. The Hall–Kier alpha value is -1.08. The van der Waals surface area contributed by atoms with Crippen molar-refractivity contribution < 1.29 is 4.79 Å². The van der Waals surface area contributed by atoms with Crippen LogP contribution in [0.5, 0.6) is 0 Å². The summed E-state index contributed by atoms with van der Waals surface area (Å²) < 4.78 is 0. The Labute approximate surface area is 79.3 Å². The molecule has 0 bridgehead atoms. The van der Waals surface area contributed by atoms with E-state index in [-0.39, 0.29) is 5.91 Å². The Morgan fingerprint density at radius 1 is 1.54 bits per heavy atom. The van der Waals surface area contributed by atoms with E-state index >= 15 is 0 Å². The molecule has 0 saturated heterocycles. The third-order valence-corrected chi connectivity index (χ3v) is 1.40. The van der Waals surface area contributed by atoms with E-state index in [9.17, 15) is 4.79 Å². The smallest absolute Gasteiger partial charge is 0.233 e. The molecular formula is C9H17N3O. The van der Waals surface area contributed by atoms with Gasteiger partial charge in [0, 0.05) is 6.54 Å². The molecule has 0 rings (SSSR count). The maximum Gasteiger partial charge on any atom is 0.233 e. The summed E-state index contributed by atoms with van der Waals surface area (Å²) in [7, 11) is 0. The summed E-state index contributed by atoms with van der Waals surface area (Å²) in [6.45, 7) is 5.79. The number of nitrogens with one attached hydrogen (secondary N) is 2. The van der Waals surface area contributed by atoms with E-state index in [1.807, 2.05) is 6.07 Å². The average molecular weight is 183 g/mol. The van der Waals surface area contributed by atoms with Gasteiger partial charge in [-0.15, -0.1) is 0 Å². The highest BCUT2D eigenvalue weighted by Gasteiger charge is 1.99. The topological polar surface area (TPSA) is 64.9 Å². The standard InChI is InChI=1S/C9H17N3O/c1-8(2)6-11-7-9(13)12-5-3-4-10/h8,11H,3,5-7H2,1-2H3,(H,12,13). The van der Waals surface area contributed by atoms with Crippen LogP contribution < -0.4 is 10.6 Å². The van der Waals surface area contributed by atoms with Gasteiger partial charge in [0.05, 0.1) is 19.0 Å². The molecule has 0 aromatic rings. The lowest BCUT2D eigenvalue weighted by Gasteiger charge is -2.06. The lowest BCUT2D eigenvalue weighted by atomic mass is 10.2. The third-order valence-electron chi connectivity index (χ3n) is 1.40. The zero-order chi connectivity index (χ0) is 10.1. The van der Waals surface area contributed by atoms with E-state index < -0.39 is 0 Å². The average Bonchev–Trinajstić information content (AvgIpc) is 2.04. The minimum atomic E-state index is -0.0455. The molecule has 0 heterocycles. The largest absolute Gasteiger partial charge is 0.354 e. The van der Waals surface area contributed by atoms with Crippen LogP contribution in [-0.4, -0.2) is 25.5 Å². The normalized spacial score (nSPS) is 9.69. The molecular weight excluding hydrogens is 166 g/mol. The van der Waals surface area contributed by atoms with E-state index in [1.165, 1.54) is 0 Å². The molecule has 0 spiro atoms. The summed E-state index contributed by atoms with van der Waals surface area (Å²) in [5, 5.41) is 13.9. The molecule has 4 nitrogen and oxygen atoms in total. The first-order chi connectivity index (χ1) is 6.16. The van der Waals surface area contributed by atoms with Gasteiger partial charge < -0.3 is 10.6 Å². The molecule has 0 aromatic carbocycles. The summed E-state index contributed by atoms with van der Waals surface area (Å²) >= 11 is 0. The first-order valence-electron chi connectivity index (χ1n) is 4.51. The van der Waals surface area contributed by atoms with Crippen molar-refractivity contribution in [2.45, 2.75) is 20.3 Å². The van der Waals surface area contributed by atoms with Crippen LogP contribution in [-0.2, 0) is 4.79 Å². The molecule has 0 aromatic heterocycles. The number of amides is 1. The fraction of sp³-hybridized carbons (Fsp3) is 0.778. The molecule has 2 N–H and O–H groups in total. The van der Waals surface area contributed by atoms with Crippen molar-refractivity contribution in [1.82, 2.24) is 10.6 Å². The number of rotatable bonds is 6. The molecule has 0 aliphatic rings. The zero-order valence-corrected chi connectivity index (χ0v) is 8.26. The Bertz CT molecular complexity index is 184. The van der Waals surface area contributed by atoms with Crippen LogP contribution in [0, 0.1) is 17.2 Å². The summed E-state index contributed by atoms with van der Waals surface area (Å²) in [5.74, 6) is 0.503. The summed E-state index contributed by atoms with van der Waals surface area (Å²) in [6.07, 6.45) is 0.371. The summed E-state index contributed by atoms with van der Waals surface area (Å²) in [5.41, 5.74) is 0. The number of nitriles is 1. The second-order valence-electron chi connectivity index (χ2n) is 3.28. The van der Waals surface area contributed by atoms with Crippen molar-refractivity contribution in [3.05, 3.63) is 0 Å². The first kappa shape index (κ1) is 11.9. The molecule has 0 aliphatic heterocycles. The van der Waals surface area contributed by atoms with Gasteiger partial charge in [0.1, 0.15) is 0 Å². The SMILES string of the molecule is CC(C)CNCC(=O)NCCC#N. The zero-order valence-electron chi connectivity index (χ0n) is 8.26. The van der Waals surface area contributed by atoms with Crippen LogP contribution >= 0.6 is 0 Å². The molecule has 0 unspecified atom stereocenters. The molecule has 0 aliphatic carbocycles. The van der Waals surface area contributed by atoms with Crippen LogP contribution in [0.3, 0.4) is 0 Å². The quantitative estimate of drug-likeness (QED) is 0.581. The fourth-order valence-corrected chi connectivity index (χ4v) is 0.795. The fourth-order valence-electron chi connectivity index (χ4n) is 0.795. The Morgan fingerprint density at radius 3 is 2.77 bits per heavy atom. The third kappa shape index (κ3) is 8.83.